The standard InChI is InChI=1S/C88H113N13O15S2/c1-53(2)73(98-77(105)66(93-76(104)65(89)49-72(102)103)36-26-44-91-84(90)99-118(113,114)75-55(4)54(3)74-64(56(75)5)42-43-87(12,13)116-74)81(109)94-67(46-58-38-40-63(41-39-58)115-85(6,7)8)78(106)97-70(51-117-86(9,10)11)79(107)95-68(82(110)101-45-27-37-71(101)80(108)96-69(83(111)112)47-57-28-18-14-19-29-57)48-62-50-100(52-92-62)88(59-30-20-15-21-31-59,60-32-22-16-23-33-60)61-34-24-17-25-35-61/h14-25,28-35,38-41,50,52-53,65-71,73H,26-27,36-37,42-49,51,89H2,1-13H3,(H,93,104)(H,94,109)(H,95,107)(H,96,108)(H,97,106)(H,98,105)(H,102,103)(H,111,112)(H3,90,91,99)/t65-,66-,67-,68-,69-,70-,71-,73-/m0/s1. The molecule has 0 spiro atoms. The fourth-order valence-electron chi connectivity index (χ4n) is 14.8. The Balaban J connectivity index is 1.01. The number of carbonyl (C=O) groups is 9. The van der Waals surface area contributed by atoms with Crippen molar-refractivity contribution in [1.82, 2.24) is 56.4 Å². The first-order valence-corrected chi connectivity index (χ1v) is 42.3. The van der Waals surface area contributed by atoms with Crippen LogP contribution in [0.1, 0.15) is 164 Å². The number of ether oxygens (including phenoxy) is 2. The molecule has 7 amide bonds. The number of nitrogens with one attached hydrogen (secondary N) is 9. The van der Waals surface area contributed by atoms with Crippen LogP contribution in [-0.2, 0) is 84.4 Å². The van der Waals surface area contributed by atoms with Crippen molar-refractivity contribution >= 4 is 81.0 Å². The van der Waals surface area contributed by atoms with Gasteiger partial charge in [0, 0.05) is 49.0 Å². The van der Waals surface area contributed by atoms with Crippen molar-refractivity contribution in [2.24, 2.45) is 11.7 Å². The molecule has 118 heavy (non-hydrogen) atoms. The van der Waals surface area contributed by atoms with Crippen LogP contribution in [0.4, 0.5) is 0 Å². The van der Waals surface area contributed by atoms with E-state index in [0.717, 1.165) is 22.3 Å². The molecule has 2 aliphatic rings. The Hall–Kier alpha value is -11.1. The van der Waals surface area contributed by atoms with E-state index >= 15 is 19.2 Å². The van der Waals surface area contributed by atoms with E-state index in [1.807, 2.05) is 151 Å². The highest BCUT2D eigenvalue weighted by molar-refractivity contribution is 8.00. The zero-order valence-electron chi connectivity index (χ0n) is 69.3. The van der Waals surface area contributed by atoms with E-state index in [-0.39, 0.29) is 62.3 Å². The molecule has 0 bridgehead atoms. The normalized spacial score (nSPS) is 15.9. The summed E-state index contributed by atoms with van der Waals surface area (Å²) >= 11 is 1.32. The first-order valence-electron chi connectivity index (χ1n) is 39.8. The topological polar surface area (TPSA) is 414 Å². The predicted octanol–water partition coefficient (Wildman–Crippen LogP) is 8.21. The molecule has 632 valence electrons. The SMILES string of the molecule is Cc1c(C)c(S(=O)(=O)NC(=N)NCCC[C@H](NC(=O)[C@@H](N)CC(=O)O)C(=O)N[C@H](C(=O)N[C@@H](Cc2ccc(OC(C)(C)C)cc2)C(=O)N[C@@H](CSC(C)(C)C)C(=O)N[C@@H](Cc2cn(C(c3ccccc3)(c3ccccc3)c3ccccc3)cn2)C(=O)N2CCC[C@H]2C(=O)N[C@@H](Cc2ccccc2)C(=O)O)C(C)C)c(C)c2c1OC(C)(C)CC2. The third-order valence-electron chi connectivity index (χ3n) is 20.9. The lowest BCUT2D eigenvalue weighted by Gasteiger charge is -2.37. The second-order valence-electron chi connectivity index (χ2n) is 33.2. The van der Waals surface area contributed by atoms with Gasteiger partial charge in [-0.05, 0) is 162 Å². The van der Waals surface area contributed by atoms with Crippen molar-refractivity contribution in [2.45, 2.75) is 229 Å². The van der Waals surface area contributed by atoms with Crippen LogP contribution in [0, 0.1) is 32.1 Å². The van der Waals surface area contributed by atoms with Gasteiger partial charge in [-0.25, -0.2) is 22.9 Å². The number of rotatable bonds is 36. The molecule has 1 aromatic heterocycles. The molecule has 1 saturated heterocycles. The van der Waals surface area contributed by atoms with Gasteiger partial charge in [-0.15, -0.1) is 0 Å². The molecule has 6 aromatic carbocycles. The smallest absolute Gasteiger partial charge is 0.326 e. The van der Waals surface area contributed by atoms with Crippen LogP contribution in [0.15, 0.2) is 163 Å². The minimum absolute atomic E-state index is 0.00784. The summed E-state index contributed by atoms with van der Waals surface area (Å²) in [4.78, 5) is 136. The summed E-state index contributed by atoms with van der Waals surface area (Å²) in [6.45, 7) is 23.6. The Kier molecular flexibility index (Phi) is 30.3. The summed E-state index contributed by atoms with van der Waals surface area (Å²) < 4.78 is 44.3. The van der Waals surface area contributed by atoms with Gasteiger partial charge in [-0.2, -0.15) is 11.8 Å². The van der Waals surface area contributed by atoms with Crippen LogP contribution < -0.4 is 57.1 Å². The quantitative estimate of drug-likeness (QED) is 0.00761. The molecule has 0 saturated carbocycles. The van der Waals surface area contributed by atoms with Crippen molar-refractivity contribution in [1.29, 1.82) is 5.41 Å². The van der Waals surface area contributed by atoms with Gasteiger partial charge >= 0.3 is 11.9 Å². The Bertz CT molecular complexity index is 4750. The summed E-state index contributed by atoms with van der Waals surface area (Å²) in [6.07, 6.45) is 3.61. The number of aliphatic carboxylic acids is 2. The second-order valence-corrected chi connectivity index (χ2v) is 36.6. The van der Waals surface area contributed by atoms with Crippen molar-refractivity contribution in [3.05, 3.63) is 214 Å². The molecule has 8 atom stereocenters. The fraction of sp³-hybridized carbons (Fsp3) is 0.443. The number of aromatic nitrogens is 2. The number of nitrogens with zero attached hydrogens (tertiary/aromatic N) is 3. The highest BCUT2D eigenvalue weighted by Crippen LogP contribution is 2.44. The average molecular weight is 1660 g/mol. The highest BCUT2D eigenvalue weighted by Gasteiger charge is 2.44. The summed E-state index contributed by atoms with van der Waals surface area (Å²) in [5, 5.41) is 48.1. The molecule has 0 radical (unpaired) electrons. The number of imidazole rings is 1. The van der Waals surface area contributed by atoms with Gasteiger partial charge in [0.1, 0.15) is 70.5 Å². The highest BCUT2D eigenvalue weighted by atomic mass is 32.2. The largest absolute Gasteiger partial charge is 0.488 e. The van der Waals surface area contributed by atoms with E-state index < -0.39 is 151 Å². The van der Waals surface area contributed by atoms with Gasteiger partial charge in [0.05, 0.1) is 29.4 Å². The molecule has 7 aromatic rings. The van der Waals surface area contributed by atoms with E-state index in [4.69, 9.17) is 25.6 Å². The summed E-state index contributed by atoms with van der Waals surface area (Å²) in [5.41, 5.74) is 10.4. The number of amides is 7. The number of sulfonamides is 1. The molecule has 30 heteroatoms. The van der Waals surface area contributed by atoms with Crippen LogP contribution in [0.25, 0.3) is 0 Å². The van der Waals surface area contributed by atoms with Crippen molar-refractivity contribution in [3.8, 4) is 11.5 Å². The van der Waals surface area contributed by atoms with Gasteiger partial charge in [-0.1, -0.05) is 168 Å². The Labute approximate surface area is 695 Å². The van der Waals surface area contributed by atoms with Crippen LogP contribution in [0.5, 0.6) is 11.5 Å². The molecular weight excluding hydrogens is 1540 g/mol. The lowest BCUT2D eigenvalue weighted by atomic mass is 9.77. The van der Waals surface area contributed by atoms with Gasteiger partial charge in [0.2, 0.25) is 47.3 Å². The molecule has 3 heterocycles. The van der Waals surface area contributed by atoms with Crippen molar-refractivity contribution < 1.29 is 71.3 Å². The molecule has 28 nitrogen and oxygen atoms in total. The maximum absolute atomic E-state index is 15.8. The third kappa shape index (κ3) is 23.8. The maximum Gasteiger partial charge on any atom is 0.326 e. The summed E-state index contributed by atoms with van der Waals surface area (Å²) in [7, 11) is -4.35. The van der Waals surface area contributed by atoms with E-state index in [1.54, 1.807) is 102 Å². The Morgan fingerprint density at radius 1 is 0.661 bits per heavy atom. The summed E-state index contributed by atoms with van der Waals surface area (Å²) in [5.74, 6) is -8.93. The second kappa shape index (κ2) is 39.4. The Morgan fingerprint density at radius 2 is 1.19 bits per heavy atom. The zero-order valence-corrected chi connectivity index (χ0v) is 71.0. The summed E-state index contributed by atoms with van der Waals surface area (Å²) in [6, 6.07) is 33.4. The molecule has 13 N–H and O–H groups in total. The zero-order chi connectivity index (χ0) is 86.2. The molecular formula is C88H113N13O15S2. The number of carboxylic acid groups (broad SMARTS) is 2. The number of hydrogen-bond acceptors (Lipinski definition) is 17. The van der Waals surface area contributed by atoms with E-state index in [1.165, 1.54) is 16.7 Å². The number of thioether (sulfide) groups is 1. The van der Waals surface area contributed by atoms with Gasteiger partial charge in [0.25, 0.3) is 10.0 Å². The number of nitrogens with two attached hydrogens (primary N) is 1. The lowest BCUT2D eigenvalue weighted by molar-refractivity contribution is -0.145. The predicted molar refractivity (Wildman–Crippen MR) is 451 cm³/mol. The molecule has 9 rings (SSSR count). The number of benzene rings is 6. The number of guanidine groups is 1. The van der Waals surface area contributed by atoms with Gasteiger partial charge in [-0.3, -0.25) is 43.8 Å². The van der Waals surface area contributed by atoms with E-state index in [2.05, 4.69) is 41.9 Å². The average Bonchev–Trinajstić information content (AvgIpc) is 1.05. The molecule has 0 unspecified atom stereocenters. The van der Waals surface area contributed by atoms with Crippen LogP contribution in [-0.4, -0.2) is 175 Å². The number of fused-ring (bicyclic) bond motifs is 1. The molecule has 2 aliphatic heterocycles. The van der Waals surface area contributed by atoms with Gasteiger partial charge < -0.3 is 72.1 Å². The first kappa shape index (κ1) is 90.8. The lowest BCUT2D eigenvalue weighted by Crippen LogP contribution is -2.61. The van der Waals surface area contributed by atoms with Crippen molar-refractivity contribution in [3.63, 3.8) is 0 Å². The minimum atomic E-state index is -4.35. The monoisotopic (exact) mass is 1660 g/mol. The van der Waals surface area contributed by atoms with E-state index in [0.29, 0.717) is 64.3 Å². The van der Waals surface area contributed by atoms with Gasteiger partial charge in [0.15, 0.2) is 0 Å². The minimum Gasteiger partial charge on any atom is -0.488 e. The number of likely N-dealkylation sites (tertiary alicyclic amines) is 1. The number of carboxylic acids is 2. The van der Waals surface area contributed by atoms with Crippen molar-refractivity contribution in [2.75, 3.05) is 18.8 Å². The molecule has 1 fully saturated rings. The van der Waals surface area contributed by atoms with Crippen LogP contribution >= 0.6 is 11.8 Å². The van der Waals surface area contributed by atoms with Crippen LogP contribution in [0.3, 0.4) is 0 Å². The number of hydrogen-bond donors (Lipinski definition) is 12. The fourth-order valence-corrected chi connectivity index (χ4v) is 17.2. The third-order valence-corrected chi connectivity index (χ3v) is 23.8. The van der Waals surface area contributed by atoms with E-state index in [9.17, 15) is 42.6 Å². The van der Waals surface area contributed by atoms with Crippen LogP contribution in [0.2, 0.25) is 0 Å². The Morgan fingerprint density at radius 3 is 1.75 bits per heavy atom. The first-order chi connectivity index (χ1) is 55.6. The molecule has 0 aliphatic carbocycles. The number of carbonyl (C=O) groups excluding carboxylic acids is 7. The maximum atomic E-state index is 15.8.